The van der Waals surface area contributed by atoms with Crippen molar-refractivity contribution in [1.29, 1.82) is 0 Å². The minimum Gasteiger partial charge on any atom is -0.367 e. The first-order chi connectivity index (χ1) is 11.9. The largest absolute Gasteiger partial charge is 0.367 e. The summed E-state index contributed by atoms with van der Waals surface area (Å²) in [4.78, 5) is 12.2. The van der Waals surface area contributed by atoms with Gasteiger partial charge in [0, 0.05) is 0 Å². The van der Waals surface area contributed by atoms with Gasteiger partial charge in [-0.2, -0.15) is 8.42 Å². The van der Waals surface area contributed by atoms with Gasteiger partial charge in [0.1, 0.15) is 5.60 Å². The third-order valence-corrected chi connectivity index (χ3v) is 5.83. The Bertz CT molecular complexity index is 736. The first-order valence-corrected chi connectivity index (χ1v) is 10.3. The number of hydrogen-bond donors (Lipinski definition) is 1. The van der Waals surface area contributed by atoms with Gasteiger partial charge in [0.25, 0.3) is 10.1 Å². The second kappa shape index (κ2) is 7.66. The van der Waals surface area contributed by atoms with Gasteiger partial charge in [0.2, 0.25) is 5.91 Å². The molecule has 2 atom stereocenters. The number of ether oxygens (including phenoxy) is 1. The number of carbonyl (C=O) groups is 1. The van der Waals surface area contributed by atoms with Crippen molar-refractivity contribution in [2.24, 2.45) is 11.7 Å². The van der Waals surface area contributed by atoms with Crippen molar-refractivity contribution in [3.05, 3.63) is 29.8 Å². The van der Waals surface area contributed by atoms with Crippen LogP contribution in [-0.2, 0) is 23.8 Å². The van der Waals surface area contributed by atoms with E-state index in [9.17, 15) is 13.2 Å². The second-order valence-corrected chi connectivity index (χ2v) is 9.70. The fraction of sp³-hybridized carbons (Fsp3) is 0.632. The lowest BCUT2D eigenvalue weighted by atomic mass is 9.77. The van der Waals surface area contributed by atoms with Crippen LogP contribution in [0.2, 0.25) is 0 Å². The lowest BCUT2D eigenvalue weighted by Gasteiger charge is -2.42. The van der Waals surface area contributed by atoms with Crippen LogP contribution in [0.4, 0.5) is 0 Å². The van der Waals surface area contributed by atoms with Crippen molar-refractivity contribution in [3.8, 4) is 0 Å². The fourth-order valence-electron chi connectivity index (χ4n) is 3.40. The van der Waals surface area contributed by atoms with Crippen LogP contribution in [0.3, 0.4) is 0 Å². The van der Waals surface area contributed by atoms with Crippen molar-refractivity contribution >= 4 is 16.0 Å². The molecule has 1 fully saturated rings. The number of nitrogens with two attached hydrogens (primary N) is 1. The molecule has 1 saturated carbocycles. The SMILES string of the molecule is Cc1ccc(S(=O)(=O)OCC2CCCC(OC(C)(C)C)(C(N)=O)C2)cc1. The minimum absolute atomic E-state index is 0.0126. The molecule has 2 rings (SSSR count). The van der Waals surface area contributed by atoms with Crippen LogP contribution in [0.5, 0.6) is 0 Å². The number of benzene rings is 1. The van der Waals surface area contributed by atoms with Crippen LogP contribution >= 0.6 is 0 Å². The molecule has 0 saturated heterocycles. The monoisotopic (exact) mass is 383 g/mol. The van der Waals surface area contributed by atoms with Gasteiger partial charge in [-0.25, -0.2) is 0 Å². The molecule has 0 aliphatic heterocycles. The quantitative estimate of drug-likeness (QED) is 0.762. The van der Waals surface area contributed by atoms with E-state index in [-0.39, 0.29) is 17.4 Å². The number of amides is 1. The minimum atomic E-state index is -3.83. The standard InChI is InChI=1S/C19H29NO5S/c1-14-7-9-16(10-8-14)26(22,23)24-13-15-6-5-11-19(12-15,17(20)21)25-18(2,3)4/h7-10,15H,5-6,11-13H2,1-4H3,(H2,20,21). The lowest BCUT2D eigenvalue weighted by molar-refractivity contribution is -0.176. The van der Waals surface area contributed by atoms with Gasteiger partial charge in [-0.1, -0.05) is 17.7 Å². The Balaban J connectivity index is 2.07. The van der Waals surface area contributed by atoms with E-state index in [0.29, 0.717) is 12.8 Å². The molecule has 0 aromatic heterocycles. The van der Waals surface area contributed by atoms with Gasteiger partial charge in [-0.05, 0) is 71.4 Å². The number of carbonyl (C=O) groups excluding carboxylic acids is 1. The summed E-state index contributed by atoms with van der Waals surface area (Å²) in [5.41, 5.74) is 5.02. The summed E-state index contributed by atoms with van der Waals surface area (Å²) in [6.07, 6.45) is 2.41. The summed E-state index contributed by atoms with van der Waals surface area (Å²) in [6.45, 7) is 7.52. The van der Waals surface area contributed by atoms with Crippen molar-refractivity contribution in [2.75, 3.05) is 6.61 Å². The Morgan fingerprint density at radius 3 is 2.42 bits per heavy atom. The van der Waals surface area contributed by atoms with Crippen LogP contribution in [0.1, 0.15) is 52.0 Å². The normalized spacial score (nSPS) is 24.4. The zero-order chi connectivity index (χ0) is 19.6. The van der Waals surface area contributed by atoms with E-state index in [1.54, 1.807) is 12.1 Å². The molecule has 0 heterocycles. The van der Waals surface area contributed by atoms with Crippen molar-refractivity contribution < 1.29 is 22.1 Å². The van der Waals surface area contributed by atoms with Crippen molar-refractivity contribution in [3.63, 3.8) is 0 Å². The molecule has 1 aromatic carbocycles. The molecule has 1 aliphatic rings. The molecule has 26 heavy (non-hydrogen) atoms. The molecule has 0 radical (unpaired) electrons. The molecule has 6 nitrogen and oxygen atoms in total. The highest BCUT2D eigenvalue weighted by Gasteiger charge is 2.45. The van der Waals surface area contributed by atoms with E-state index >= 15 is 0 Å². The summed E-state index contributed by atoms with van der Waals surface area (Å²) in [6, 6.07) is 6.52. The second-order valence-electron chi connectivity index (χ2n) is 8.09. The van der Waals surface area contributed by atoms with E-state index < -0.39 is 27.2 Å². The molecule has 1 aromatic rings. The summed E-state index contributed by atoms with van der Waals surface area (Å²) in [5, 5.41) is 0. The van der Waals surface area contributed by atoms with Crippen LogP contribution < -0.4 is 5.73 Å². The molecule has 146 valence electrons. The predicted molar refractivity (Wildman–Crippen MR) is 99.0 cm³/mol. The third kappa shape index (κ3) is 5.28. The summed E-state index contributed by atoms with van der Waals surface area (Å²) >= 11 is 0. The Morgan fingerprint density at radius 2 is 1.88 bits per heavy atom. The maximum absolute atomic E-state index is 12.4. The van der Waals surface area contributed by atoms with Gasteiger partial charge in [0.05, 0.1) is 17.1 Å². The van der Waals surface area contributed by atoms with Crippen LogP contribution in [0.25, 0.3) is 0 Å². The average molecular weight is 384 g/mol. The van der Waals surface area contributed by atoms with E-state index in [4.69, 9.17) is 14.7 Å². The first-order valence-electron chi connectivity index (χ1n) is 8.90. The molecule has 1 amide bonds. The smallest absolute Gasteiger partial charge is 0.296 e. The predicted octanol–water partition coefficient (Wildman–Crippen LogP) is 2.93. The van der Waals surface area contributed by atoms with Gasteiger partial charge in [-0.15, -0.1) is 0 Å². The zero-order valence-electron chi connectivity index (χ0n) is 15.9. The number of aryl methyl sites for hydroxylation is 1. The van der Waals surface area contributed by atoms with Crippen molar-refractivity contribution in [2.45, 2.75) is 69.5 Å². The Morgan fingerprint density at radius 1 is 1.27 bits per heavy atom. The maximum Gasteiger partial charge on any atom is 0.296 e. The molecular weight excluding hydrogens is 354 g/mol. The average Bonchev–Trinajstić information content (AvgIpc) is 2.52. The van der Waals surface area contributed by atoms with Crippen molar-refractivity contribution in [1.82, 2.24) is 0 Å². The van der Waals surface area contributed by atoms with E-state index in [2.05, 4.69) is 0 Å². The molecule has 0 spiro atoms. The molecule has 1 aliphatic carbocycles. The van der Waals surface area contributed by atoms with Gasteiger partial charge >= 0.3 is 0 Å². The van der Waals surface area contributed by atoms with Crippen LogP contribution in [-0.4, -0.2) is 32.1 Å². The Kier molecular flexibility index (Phi) is 6.15. The number of hydrogen-bond acceptors (Lipinski definition) is 5. The van der Waals surface area contributed by atoms with Crippen LogP contribution in [0, 0.1) is 12.8 Å². The Labute approximate surface area is 156 Å². The summed E-state index contributed by atoms with van der Waals surface area (Å²) in [7, 11) is -3.83. The lowest BCUT2D eigenvalue weighted by Crippen LogP contribution is -2.53. The molecule has 2 N–H and O–H groups in total. The fourth-order valence-corrected chi connectivity index (χ4v) is 4.38. The first kappa shape index (κ1) is 20.9. The Hall–Kier alpha value is -1.44. The molecule has 0 bridgehead atoms. The number of rotatable bonds is 6. The third-order valence-electron chi connectivity index (χ3n) is 4.53. The molecule has 7 heteroatoms. The van der Waals surface area contributed by atoms with E-state index in [1.165, 1.54) is 12.1 Å². The van der Waals surface area contributed by atoms with Crippen LogP contribution in [0.15, 0.2) is 29.2 Å². The highest BCUT2D eigenvalue weighted by atomic mass is 32.2. The summed E-state index contributed by atoms with van der Waals surface area (Å²) < 4.78 is 36.0. The van der Waals surface area contributed by atoms with Gasteiger partial charge < -0.3 is 10.5 Å². The van der Waals surface area contributed by atoms with E-state index in [1.807, 2.05) is 27.7 Å². The number of primary amides is 1. The summed E-state index contributed by atoms with van der Waals surface area (Å²) in [5.74, 6) is -0.614. The molecule has 2 unspecified atom stereocenters. The zero-order valence-corrected chi connectivity index (χ0v) is 16.8. The highest BCUT2D eigenvalue weighted by Crippen LogP contribution is 2.38. The van der Waals surface area contributed by atoms with E-state index in [0.717, 1.165) is 18.4 Å². The topological polar surface area (TPSA) is 95.7 Å². The van der Waals surface area contributed by atoms with Gasteiger partial charge in [-0.3, -0.25) is 8.98 Å². The maximum atomic E-state index is 12.4. The highest BCUT2D eigenvalue weighted by molar-refractivity contribution is 7.86. The molecular formula is C19H29NO5S. The van der Waals surface area contributed by atoms with Gasteiger partial charge in [0.15, 0.2) is 0 Å².